The van der Waals surface area contributed by atoms with Gasteiger partial charge < -0.3 is 9.47 Å². The summed E-state index contributed by atoms with van der Waals surface area (Å²) < 4.78 is 12.1. The molecule has 5 nitrogen and oxygen atoms in total. The lowest BCUT2D eigenvalue weighted by Gasteiger charge is -2.10. The number of hydrogen-bond acceptors (Lipinski definition) is 4. The van der Waals surface area contributed by atoms with E-state index >= 15 is 0 Å². The van der Waals surface area contributed by atoms with Crippen LogP contribution < -0.4 is 9.47 Å². The Morgan fingerprint density at radius 3 is 2.35 bits per heavy atom. The highest BCUT2D eigenvalue weighted by Gasteiger charge is 2.11. The average Bonchev–Trinajstić information content (AvgIpc) is 2.68. The Morgan fingerprint density at radius 1 is 1.12 bits per heavy atom. The summed E-state index contributed by atoms with van der Waals surface area (Å²) >= 11 is 5.97. The number of benzene rings is 1. The number of hydrogen-bond donors (Lipinski definition) is 0. The Labute approximate surface area is 104 Å². The Hall–Kier alpha value is -1.75. The molecule has 0 aliphatic rings. The van der Waals surface area contributed by atoms with Crippen molar-refractivity contribution in [1.82, 2.24) is 14.8 Å². The Bertz CT molecular complexity index is 520. The molecule has 0 atom stereocenters. The highest BCUT2D eigenvalue weighted by molar-refractivity contribution is 6.28. The molecule has 0 saturated carbocycles. The maximum atomic E-state index is 5.97. The van der Waals surface area contributed by atoms with E-state index in [9.17, 15) is 0 Å². The molecule has 0 aliphatic carbocycles. The largest absolute Gasteiger partial charge is 0.493 e. The molecule has 1 heterocycles. The minimum atomic E-state index is 0.315. The van der Waals surface area contributed by atoms with Crippen molar-refractivity contribution in [3.63, 3.8) is 0 Å². The summed E-state index contributed by atoms with van der Waals surface area (Å²) in [5, 5.41) is 8.01. The van der Waals surface area contributed by atoms with Gasteiger partial charge in [0.2, 0.25) is 5.28 Å². The van der Waals surface area contributed by atoms with Crippen LogP contribution in [0.15, 0.2) is 18.2 Å². The van der Waals surface area contributed by atoms with Crippen molar-refractivity contribution >= 4 is 11.6 Å². The predicted molar refractivity (Wildman–Crippen MR) is 64.2 cm³/mol. The molecule has 0 bridgehead atoms. The Morgan fingerprint density at radius 2 is 1.82 bits per heavy atom. The second-order valence-electron chi connectivity index (χ2n) is 3.39. The molecule has 1 aromatic heterocycles. The summed E-state index contributed by atoms with van der Waals surface area (Å²) in [5.41, 5.74) is 0.829. The third-order valence-electron chi connectivity index (χ3n) is 2.41. The molecule has 0 aliphatic heterocycles. The predicted octanol–water partition coefficient (Wildman–Crippen LogP) is 2.25. The van der Waals surface area contributed by atoms with Crippen LogP contribution in [0.5, 0.6) is 11.5 Å². The van der Waals surface area contributed by atoms with Gasteiger partial charge >= 0.3 is 0 Å². The van der Waals surface area contributed by atoms with E-state index in [-0.39, 0.29) is 0 Å². The van der Waals surface area contributed by atoms with Crippen molar-refractivity contribution in [3.05, 3.63) is 29.3 Å². The van der Waals surface area contributed by atoms with E-state index < -0.39 is 0 Å². The van der Waals surface area contributed by atoms with E-state index in [0.29, 0.717) is 22.6 Å². The molecule has 0 saturated heterocycles. The van der Waals surface area contributed by atoms with E-state index in [1.807, 2.05) is 25.1 Å². The zero-order valence-electron chi connectivity index (χ0n) is 9.77. The van der Waals surface area contributed by atoms with Gasteiger partial charge in [-0.05, 0) is 30.7 Å². The fourth-order valence-corrected chi connectivity index (χ4v) is 1.85. The van der Waals surface area contributed by atoms with Crippen LogP contribution in [-0.2, 0) is 0 Å². The quantitative estimate of drug-likeness (QED) is 0.842. The molecule has 1 aromatic carbocycles. The molecule has 0 N–H and O–H groups in total. The van der Waals surface area contributed by atoms with Gasteiger partial charge in [-0.3, -0.25) is 4.57 Å². The van der Waals surface area contributed by atoms with Gasteiger partial charge in [0.25, 0.3) is 0 Å². The second kappa shape index (κ2) is 4.63. The number of nitrogens with zero attached hydrogens (tertiary/aromatic N) is 3. The third-order valence-corrected chi connectivity index (χ3v) is 2.66. The number of halogens is 1. The van der Waals surface area contributed by atoms with Crippen LogP contribution in [0.25, 0.3) is 5.69 Å². The maximum absolute atomic E-state index is 5.97. The normalized spacial score (nSPS) is 10.4. The lowest BCUT2D eigenvalue weighted by atomic mass is 10.2. The minimum absolute atomic E-state index is 0.315. The van der Waals surface area contributed by atoms with Crippen LogP contribution in [0.4, 0.5) is 0 Å². The fourth-order valence-electron chi connectivity index (χ4n) is 1.59. The summed E-state index contributed by atoms with van der Waals surface area (Å²) in [7, 11) is 3.18. The van der Waals surface area contributed by atoms with Crippen LogP contribution in [0, 0.1) is 6.92 Å². The first-order chi connectivity index (χ1) is 8.17. The molecular formula is C11H12ClN3O2. The maximum Gasteiger partial charge on any atom is 0.229 e. The standard InChI is InChI=1S/C11H12ClN3O2/c1-7-13-14-11(12)15(7)8-4-5-9(16-2)10(6-8)17-3/h4-6H,1-3H3. The molecular weight excluding hydrogens is 242 g/mol. The van der Waals surface area contributed by atoms with Crippen molar-refractivity contribution in [2.45, 2.75) is 6.92 Å². The molecule has 0 radical (unpaired) electrons. The van der Waals surface area contributed by atoms with E-state index in [4.69, 9.17) is 21.1 Å². The Kier molecular flexibility index (Phi) is 3.19. The number of methoxy groups -OCH3 is 2. The minimum Gasteiger partial charge on any atom is -0.493 e. The number of aryl methyl sites for hydroxylation is 1. The summed E-state index contributed by atoms with van der Waals surface area (Å²) in [6, 6.07) is 5.49. The van der Waals surface area contributed by atoms with Crippen molar-refractivity contribution in [1.29, 1.82) is 0 Å². The first-order valence-electron chi connectivity index (χ1n) is 4.97. The first kappa shape index (κ1) is 11.7. The molecule has 0 fully saturated rings. The molecule has 2 aromatic rings. The van der Waals surface area contributed by atoms with Gasteiger partial charge in [-0.25, -0.2) is 0 Å². The highest BCUT2D eigenvalue weighted by atomic mass is 35.5. The van der Waals surface area contributed by atoms with E-state index in [0.717, 1.165) is 5.69 Å². The lowest BCUT2D eigenvalue weighted by molar-refractivity contribution is 0.355. The van der Waals surface area contributed by atoms with Crippen LogP contribution in [0.1, 0.15) is 5.82 Å². The molecule has 0 unspecified atom stereocenters. The zero-order valence-corrected chi connectivity index (χ0v) is 10.5. The topological polar surface area (TPSA) is 49.2 Å². The van der Waals surface area contributed by atoms with Gasteiger partial charge in [0.15, 0.2) is 11.5 Å². The monoisotopic (exact) mass is 253 g/mol. The molecule has 17 heavy (non-hydrogen) atoms. The average molecular weight is 254 g/mol. The van der Waals surface area contributed by atoms with Crippen molar-refractivity contribution < 1.29 is 9.47 Å². The third kappa shape index (κ3) is 2.06. The van der Waals surface area contributed by atoms with Gasteiger partial charge in [0, 0.05) is 6.07 Å². The second-order valence-corrected chi connectivity index (χ2v) is 3.73. The summed E-state index contributed by atoms with van der Waals surface area (Å²) in [6.07, 6.45) is 0. The molecule has 0 spiro atoms. The van der Waals surface area contributed by atoms with Crippen molar-refractivity contribution in [3.8, 4) is 17.2 Å². The van der Waals surface area contributed by atoms with Gasteiger partial charge in [-0.2, -0.15) is 0 Å². The molecule has 2 rings (SSSR count). The lowest BCUT2D eigenvalue weighted by Crippen LogP contribution is -1.99. The first-order valence-corrected chi connectivity index (χ1v) is 5.35. The van der Waals surface area contributed by atoms with E-state index in [2.05, 4.69) is 10.2 Å². The van der Waals surface area contributed by atoms with Crippen molar-refractivity contribution in [2.24, 2.45) is 0 Å². The van der Waals surface area contributed by atoms with Crippen LogP contribution in [0.3, 0.4) is 0 Å². The van der Waals surface area contributed by atoms with Crippen LogP contribution in [-0.4, -0.2) is 29.0 Å². The smallest absolute Gasteiger partial charge is 0.229 e. The number of aromatic nitrogens is 3. The van der Waals surface area contributed by atoms with E-state index in [1.54, 1.807) is 18.8 Å². The van der Waals surface area contributed by atoms with Crippen LogP contribution in [0.2, 0.25) is 5.28 Å². The van der Waals surface area contributed by atoms with Gasteiger partial charge in [-0.15, -0.1) is 10.2 Å². The number of rotatable bonds is 3. The van der Waals surface area contributed by atoms with E-state index in [1.165, 1.54) is 0 Å². The molecule has 90 valence electrons. The van der Waals surface area contributed by atoms with Gasteiger partial charge in [0.05, 0.1) is 19.9 Å². The summed E-state index contributed by atoms with van der Waals surface area (Å²) in [4.78, 5) is 0. The number of ether oxygens (including phenoxy) is 2. The van der Waals surface area contributed by atoms with Crippen molar-refractivity contribution in [2.75, 3.05) is 14.2 Å². The SMILES string of the molecule is COc1ccc(-n2c(C)nnc2Cl)cc1OC. The Balaban J connectivity index is 2.54. The molecule has 0 amide bonds. The summed E-state index contributed by atoms with van der Waals surface area (Å²) in [6.45, 7) is 1.83. The van der Waals surface area contributed by atoms with Crippen LogP contribution >= 0.6 is 11.6 Å². The van der Waals surface area contributed by atoms with Gasteiger partial charge in [0.1, 0.15) is 5.82 Å². The highest BCUT2D eigenvalue weighted by Crippen LogP contribution is 2.30. The summed E-state index contributed by atoms with van der Waals surface area (Å²) in [5.74, 6) is 2.01. The van der Waals surface area contributed by atoms with Gasteiger partial charge in [-0.1, -0.05) is 0 Å². The molecule has 6 heteroatoms. The zero-order chi connectivity index (χ0) is 12.4. The fraction of sp³-hybridized carbons (Fsp3) is 0.273.